The Hall–Kier alpha value is 0.130. The third-order valence-corrected chi connectivity index (χ3v) is 4.86. The molecule has 0 radical (unpaired) electrons. The van der Waals surface area contributed by atoms with Gasteiger partial charge in [-0.2, -0.15) is 11.3 Å². The van der Waals surface area contributed by atoms with Gasteiger partial charge in [-0.25, -0.2) is 0 Å². The normalized spacial score (nSPS) is 12.8. The molecule has 1 unspecified atom stereocenters. The van der Waals surface area contributed by atoms with Crippen LogP contribution < -0.4 is 5.73 Å². The van der Waals surface area contributed by atoms with Gasteiger partial charge in [0.25, 0.3) is 0 Å². The molecule has 0 bridgehead atoms. The van der Waals surface area contributed by atoms with Crippen LogP contribution in [-0.2, 0) is 0 Å². The smallest absolute Gasteiger partial charge is 0.0586 e. The molecule has 2 rings (SSSR count). The Morgan fingerprint density at radius 2 is 1.94 bits per heavy atom. The number of halogens is 3. The molecule has 1 aromatic carbocycles. The number of rotatable bonds is 2. The van der Waals surface area contributed by atoms with Crippen LogP contribution in [0.5, 0.6) is 0 Å². The van der Waals surface area contributed by atoms with Crippen molar-refractivity contribution in [3.8, 4) is 0 Å². The third-order valence-electron chi connectivity index (χ3n) is 2.27. The lowest BCUT2D eigenvalue weighted by Crippen LogP contribution is -2.12. The first-order valence-electron chi connectivity index (χ1n) is 4.51. The summed E-state index contributed by atoms with van der Waals surface area (Å²) in [5, 5.41) is 4.74. The Balaban J connectivity index is 2.45. The third kappa shape index (κ3) is 2.51. The van der Waals surface area contributed by atoms with Crippen molar-refractivity contribution in [2.75, 3.05) is 0 Å². The second kappa shape index (κ2) is 5.19. The van der Waals surface area contributed by atoms with E-state index in [0.717, 1.165) is 20.1 Å². The van der Waals surface area contributed by atoms with Gasteiger partial charge >= 0.3 is 0 Å². The maximum absolute atomic E-state index is 6.20. The van der Waals surface area contributed by atoms with Gasteiger partial charge in [-0.3, -0.25) is 0 Å². The van der Waals surface area contributed by atoms with Gasteiger partial charge in [0.2, 0.25) is 0 Å². The van der Waals surface area contributed by atoms with Crippen LogP contribution in [-0.4, -0.2) is 0 Å². The summed E-state index contributed by atoms with van der Waals surface area (Å²) in [5.74, 6) is 0. The zero-order valence-corrected chi connectivity index (χ0v) is 12.8. The van der Waals surface area contributed by atoms with Crippen LogP contribution in [0.25, 0.3) is 0 Å². The van der Waals surface area contributed by atoms with E-state index in [1.54, 1.807) is 11.3 Å². The van der Waals surface area contributed by atoms with Crippen molar-refractivity contribution in [2.24, 2.45) is 5.73 Å². The monoisotopic (exact) mass is 379 g/mol. The summed E-state index contributed by atoms with van der Waals surface area (Å²) in [4.78, 5) is 0. The van der Waals surface area contributed by atoms with Crippen LogP contribution in [0.3, 0.4) is 0 Å². The lowest BCUT2D eigenvalue weighted by Gasteiger charge is -2.13. The van der Waals surface area contributed by atoms with E-state index in [-0.39, 0.29) is 6.04 Å². The van der Waals surface area contributed by atoms with Gasteiger partial charge in [0.05, 0.1) is 6.04 Å². The van der Waals surface area contributed by atoms with Gasteiger partial charge in [-0.1, -0.05) is 27.5 Å². The molecule has 1 atom stereocenters. The molecule has 5 heteroatoms. The fourth-order valence-electron chi connectivity index (χ4n) is 1.43. The van der Waals surface area contributed by atoms with Crippen molar-refractivity contribution in [1.82, 2.24) is 0 Å². The first kappa shape index (κ1) is 12.6. The van der Waals surface area contributed by atoms with Gasteiger partial charge < -0.3 is 5.73 Å². The second-order valence-electron chi connectivity index (χ2n) is 3.32. The molecule has 0 aliphatic carbocycles. The predicted molar refractivity (Wildman–Crippen MR) is 77.2 cm³/mol. The van der Waals surface area contributed by atoms with Crippen LogP contribution >= 0.6 is 54.8 Å². The summed E-state index contributed by atoms with van der Waals surface area (Å²) in [6.07, 6.45) is 0. The van der Waals surface area contributed by atoms with Crippen molar-refractivity contribution in [1.29, 1.82) is 0 Å². The molecule has 1 aromatic heterocycles. The van der Waals surface area contributed by atoms with Crippen molar-refractivity contribution in [3.63, 3.8) is 0 Å². The number of thiophene rings is 1. The molecule has 0 spiro atoms. The highest BCUT2D eigenvalue weighted by Gasteiger charge is 2.16. The molecule has 0 fully saturated rings. The fraction of sp³-hybridized carbons (Fsp3) is 0.0909. The van der Waals surface area contributed by atoms with E-state index in [1.165, 1.54) is 0 Å². The van der Waals surface area contributed by atoms with Gasteiger partial charge in [0.15, 0.2) is 0 Å². The Labute approximate surface area is 120 Å². The van der Waals surface area contributed by atoms with Crippen molar-refractivity contribution in [3.05, 3.63) is 54.1 Å². The standard InChI is InChI=1S/C11H8Br2ClNS/c12-6-1-2-10(14)7(3-6)11(15)8-4-16-5-9(8)13/h1-5,11H,15H2. The summed E-state index contributed by atoms with van der Waals surface area (Å²) in [6.45, 7) is 0. The second-order valence-corrected chi connectivity index (χ2v) is 6.24. The van der Waals surface area contributed by atoms with Crippen molar-refractivity contribution < 1.29 is 0 Å². The van der Waals surface area contributed by atoms with Gasteiger partial charge in [-0.05, 0) is 50.6 Å². The number of hydrogen-bond donors (Lipinski definition) is 1. The van der Waals surface area contributed by atoms with E-state index in [0.29, 0.717) is 5.02 Å². The summed E-state index contributed by atoms with van der Waals surface area (Å²) >= 11 is 14.7. The fourth-order valence-corrected chi connectivity index (χ4v) is 3.63. The molecule has 0 aliphatic heterocycles. The molecule has 0 aliphatic rings. The van der Waals surface area contributed by atoms with Crippen LogP contribution in [0.15, 0.2) is 37.9 Å². The van der Waals surface area contributed by atoms with E-state index in [4.69, 9.17) is 17.3 Å². The van der Waals surface area contributed by atoms with E-state index >= 15 is 0 Å². The molecule has 2 N–H and O–H groups in total. The van der Waals surface area contributed by atoms with Crippen LogP contribution in [0.4, 0.5) is 0 Å². The lowest BCUT2D eigenvalue weighted by atomic mass is 10.0. The van der Waals surface area contributed by atoms with Crippen molar-refractivity contribution in [2.45, 2.75) is 6.04 Å². The number of nitrogens with two attached hydrogens (primary N) is 1. The quantitative estimate of drug-likeness (QED) is 0.780. The van der Waals surface area contributed by atoms with Crippen LogP contribution in [0.2, 0.25) is 5.02 Å². The lowest BCUT2D eigenvalue weighted by molar-refractivity contribution is 0.871. The molecule has 84 valence electrons. The van der Waals surface area contributed by atoms with E-state index in [2.05, 4.69) is 31.9 Å². The zero-order chi connectivity index (χ0) is 11.7. The Kier molecular flexibility index (Phi) is 4.08. The average molecular weight is 382 g/mol. The minimum Gasteiger partial charge on any atom is -0.320 e. The average Bonchev–Trinajstić information content (AvgIpc) is 2.67. The van der Waals surface area contributed by atoms with Gasteiger partial charge in [0, 0.05) is 19.3 Å². The first-order valence-corrected chi connectivity index (χ1v) is 7.42. The maximum Gasteiger partial charge on any atom is 0.0586 e. The minimum absolute atomic E-state index is 0.203. The van der Waals surface area contributed by atoms with Crippen LogP contribution in [0, 0.1) is 0 Å². The largest absolute Gasteiger partial charge is 0.320 e. The molecule has 0 amide bonds. The molecular weight excluding hydrogens is 373 g/mol. The highest BCUT2D eigenvalue weighted by molar-refractivity contribution is 9.10. The predicted octanol–water partition coefficient (Wildman–Crippen LogP) is 4.97. The van der Waals surface area contributed by atoms with E-state index in [1.807, 2.05) is 29.0 Å². The summed E-state index contributed by atoms with van der Waals surface area (Å²) in [7, 11) is 0. The summed E-state index contributed by atoms with van der Waals surface area (Å²) in [5.41, 5.74) is 8.19. The van der Waals surface area contributed by atoms with E-state index in [9.17, 15) is 0 Å². The highest BCUT2D eigenvalue weighted by atomic mass is 79.9. The highest BCUT2D eigenvalue weighted by Crippen LogP contribution is 2.34. The topological polar surface area (TPSA) is 26.0 Å². The van der Waals surface area contributed by atoms with Gasteiger partial charge in [-0.15, -0.1) is 0 Å². The Bertz CT molecular complexity index is 512. The molecule has 0 saturated carbocycles. The molecule has 2 aromatic rings. The van der Waals surface area contributed by atoms with E-state index < -0.39 is 0 Å². The van der Waals surface area contributed by atoms with Crippen molar-refractivity contribution >= 4 is 54.8 Å². The number of benzene rings is 1. The maximum atomic E-state index is 6.20. The molecule has 1 heterocycles. The first-order chi connectivity index (χ1) is 7.59. The molecular formula is C11H8Br2ClNS. The minimum atomic E-state index is -0.203. The number of hydrogen-bond acceptors (Lipinski definition) is 2. The zero-order valence-electron chi connectivity index (χ0n) is 8.08. The SMILES string of the molecule is NC(c1cc(Br)ccc1Cl)c1cscc1Br. The molecule has 0 saturated heterocycles. The summed E-state index contributed by atoms with van der Waals surface area (Å²) < 4.78 is 2.01. The van der Waals surface area contributed by atoms with Crippen LogP contribution in [0.1, 0.15) is 17.2 Å². The van der Waals surface area contributed by atoms with Gasteiger partial charge in [0.1, 0.15) is 0 Å². The molecule has 1 nitrogen and oxygen atoms in total. The Morgan fingerprint density at radius 3 is 2.56 bits per heavy atom. The molecule has 16 heavy (non-hydrogen) atoms. The Morgan fingerprint density at radius 1 is 1.19 bits per heavy atom. The summed E-state index contributed by atoms with van der Waals surface area (Å²) in [6, 6.07) is 5.50.